The van der Waals surface area contributed by atoms with E-state index >= 15 is 0 Å². The fraction of sp³-hybridized carbons (Fsp3) is 0.625. The summed E-state index contributed by atoms with van der Waals surface area (Å²) in [6.07, 6.45) is 1.58. The van der Waals surface area contributed by atoms with Gasteiger partial charge < -0.3 is 15.6 Å². The first-order valence-electron chi connectivity index (χ1n) is 4.31. The zero-order valence-corrected chi connectivity index (χ0v) is 8.61. The van der Waals surface area contributed by atoms with Gasteiger partial charge in [-0.05, 0) is 13.8 Å². The zero-order valence-electron chi connectivity index (χ0n) is 8.61. The van der Waals surface area contributed by atoms with Gasteiger partial charge in [0.15, 0.2) is 5.82 Å². The average Bonchev–Trinajstić information content (AvgIpc) is 2.45. The van der Waals surface area contributed by atoms with Crippen molar-refractivity contribution < 1.29 is 4.79 Å². The predicted molar refractivity (Wildman–Crippen MR) is 51.1 cm³/mol. The molecular weight excluding hydrogens is 182 g/mol. The molecule has 0 saturated heterocycles. The molecule has 0 fully saturated rings. The van der Waals surface area contributed by atoms with E-state index < -0.39 is 5.54 Å². The Labute approximate surface area is 82.5 Å². The topological polar surface area (TPSA) is 85.8 Å². The van der Waals surface area contributed by atoms with E-state index in [1.165, 1.54) is 0 Å². The summed E-state index contributed by atoms with van der Waals surface area (Å²) in [4.78, 5) is 11.4. The van der Waals surface area contributed by atoms with Crippen LogP contribution in [0.3, 0.4) is 0 Å². The molecule has 0 atom stereocenters. The molecule has 6 heteroatoms. The molecule has 0 aromatic carbocycles. The number of hydrogen-bond donors (Lipinski definition) is 2. The van der Waals surface area contributed by atoms with E-state index in [1.807, 2.05) is 7.05 Å². The second-order valence-electron chi connectivity index (χ2n) is 3.76. The van der Waals surface area contributed by atoms with E-state index in [-0.39, 0.29) is 5.91 Å². The molecule has 1 rings (SSSR count). The minimum Gasteiger partial charge on any atom is -0.347 e. The van der Waals surface area contributed by atoms with Crippen LogP contribution in [-0.2, 0) is 18.4 Å². The maximum atomic E-state index is 11.4. The lowest BCUT2D eigenvalue weighted by Gasteiger charge is -2.17. The molecule has 14 heavy (non-hydrogen) atoms. The molecule has 0 saturated carbocycles. The van der Waals surface area contributed by atoms with Gasteiger partial charge in [-0.2, -0.15) is 0 Å². The van der Waals surface area contributed by atoms with Gasteiger partial charge >= 0.3 is 0 Å². The quantitative estimate of drug-likeness (QED) is 0.662. The number of nitrogens with two attached hydrogens (primary N) is 1. The lowest BCUT2D eigenvalue weighted by Crippen LogP contribution is -2.48. The van der Waals surface area contributed by atoms with E-state index in [9.17, 15) is 4.79 Å². The molecule has 3 N–H and O–H groups in total. The van der Waals surface area contributed by atoms with Crippen LogP contribution in [0.4, 0.5) is 0 Å². The van der Waals surface area contributed by atoms with Crippen LogP contribution in [0.5, 0.6) is 0 Å². The van der Waals surface area contributed by atoms with Crippen molar-refractivity contribution in [1.29, 1.82) is 0 Å². The van der Waals surface area contributed by atoms with Gasteiger partial charge in [-0.25, -0.2) is 0 Å². The first-order chi connectivity index (χ1) is 6.41. The Morgan fingerprint density at radius 3 is 2.79 bits per heavy atom. The zero-order chi connectivity index (χ0) is 10.8. The molecule has 0 aliphatic carbocycles. The number of aryl methyl sites for hydroxylation is 1. The van der Waals surface area contributed by atoms with Gasteiger partial charge in [-0.15, -0.1) is 10.2 Å². The van der Waals surface area contributed by atoms with Crippen molar-refractivity contribution in [3.8, 4) is 0 Å². The van der Waals surface area contributed by atoms with E-state index in [4.69, 9.17) is 5.73 Å². The summed E-state index contributed by atoms with van der Waals surface area (Å²) in [5.74, 6) is 0.489. The highest BCUT2D eigenvalue weighted by Gasteiger charge is 2.21. The van der Waals surface area contributed by atoms with Crippen LogP contribution in [0.15, 0.2) is 6.33 Å². The third kappa shape index (κ3) is 2.53. The highest BCUT2D eigenvalue weighted by molar-refractivity contribution is 5.84. The van der Waals surface area contributed by atoms with Crippen LogP contribution in [-0.4, -0.2) is 26.2 Å². The van der Waals surface area contributed by atoms with E-state index in [2.05, 4.69) is 15.5 Å². The van der Waals surface area contributed by atoms with Gasteiger partial charge in [0.1, 0.15) is 6.33 Å². The minimum atomic E-state index is -0.863. The van der Waals surface area contributed by atoms with E-state index in [0.717, 1.165) is 0 Å². The molecular formula is C8H15N5O. The molecule has 0 unspecified atom stereocenters. The van der Waals surface area contributed by atoms with Gasteiger partial charge in [0, 0.05) is 7.05 Å². The molecule has 0 spiro atoms. The van der Waals surface area contributed by atoms with E-state index in [0.29, 0.717) is 12.4 Å². The SMILES string of the molecule is Cn1cnnc1CNC(=O)C(C)(C)N. The molecule has 78 valence electrons. The lowest BCUT2D eigenvalue weighted by molar-refractivity contribution is -0.125. The molecule has 1 amide bonds. The minimum absolute atomic E-state index is 0.208. The van der Waals surface area contributed by atoms with Crippen molar-refractivity contribution in [2.24, 2.45) is 12.8 Å². The molecule has 0 bridgehead atoms. The van der Waals surface area contributed by atoms with Crippen LogP contribution in [0.2, 0.25) is 0 Å². The summed E-state index contributed by atoms with van der Waals surface area (Å²) in [6.45, 7) is 3.65. The van der Waals surface area contributed by atoms with Crippen molar-refractivity contribution in [2.45, 2.75) is 25.9 Å². The Balaban J connectivity index is 2.50. The van der Waals surface area contributed by atoms with Crippen LogP contribution >= 0.6 is 0 Å². The van der Waals surface area contributed by atoms with Gasteiger partial charge in [0.25, 0.3) is 0 Å². The summed E-state index contributed by atoms with van der Waals surface area (Å²) in [6, 6.07) is 0. The Kier molecular flexibility index (Phi) is 2.85. The summed E-state index contributed by atoms with van der Waals surface area (Å²) in [5.41, 5.74) is 4.74. The second kappa shape index (κ2) is 3.75. The third-order valence-electron chi connectivity index (χ3n) is 1.80. The molecule has 0 aliphatic heterocycles. The van der Waals surface area contributed by atoms with Gasteiger partial charge in [-0.1, -0.05) is 0 Å². The first kappa shape index (κ1) is 10.6. The Morgan fingerprint density at radius 2 is 2.36 bits per heavy atom. The number of amides is 1. The Morgan fingerprint density at radius 1 is 1.71 bits per heavy atom. The smallest absolute Gasteiger partial charge is 0.239 e. The highest BCUT2D eigenvalue weighted by atomic mass is 16.2. The molecule has 0 aliphatic rings. The van der Waals surface area contributed by atoms with Gasteiger partial charge in [0.05, 0.1) is 12.1 Å². The van der Waals surface area contributed by atoms with Gasteiger partial charge in [-0.3, -0.25) is 4.79 Å². The number of hydrogen-bond acceptors (Lipinski definition) is 4. The van der Waals surface area contributed by atoms with Crippen LogP contribution in [0, 0.1) is 0 Å². The normalized spacial score (nSPS) is 11.4. The van der Waals surface area contributed by atoms with Crippen LogP contribution in [0.25, 0.3) is 0 Å². The number of nitrogens with zero attached hydrogens (tertiary/aromatic N) is 3. The summed E-state index contributed by atoms with van der Waals surface area (Å²) in [5, 5.41) is 10.2. The van der Waals surface area contributed by atoms with Crippen molar-refractivity contribution >= 4 is 5.91 Å². The standard InChI is InChI=1S/C8H15N5O/c1-8(2,9)7(14)10-4-6-12-11-5-13(6)3/h5H,4,9H2,1-3H3,(H,10,14). The number of aromatic nitrogens is 3. The fourth-order valence-electron chi connectivity index (χ4n) is 0.854. The van der Waals surface area contributed by atoms with Crippen molar-refractivity contribution in [3.63, 3.8) is 0 Å². The molecule has 0 radical (unpaired) electrons. The number of rotatable bonds is 3. The number of carbonyl (C=O) groups is 1. The van der Waals surface area contributed by atoms with Crippen molar-refractivity contribution in [1.82, 2.24) is 20.1 Å². The second-order valence-corrected chi connectivity index (χ2v) is 3.76. The monoisotopic (exact) mass is 197 g/mol. The first-order valence-corrected chi connectivity index (χ1v) is 4.31. The predicted octanol–water partition coefficient (Wildman–Crippen LogP) is -0.831. The highest BCUT2D eigenvalue weighted by Crippen LogP contribution is 1.97. The number of nitrogens with one attached hydrogen (secondary N) is 1. The molecule has 1 aromatic heterocycles. The van der Waals surface area contributed by atoms with Crippen molar-refractivity contribution in [2.75, 3.05) is 0 Å². The van der Waals surface area contributed by atoms with E-state index in [1.54, 1.807) is 24.7 Å². The van der Waals surface area contributed by atoms with Crippen LogP contribution in [0.1, 0.15) is 19.7 Å². The third-order valence-corrected chi connectivity index (χ3v) is 1.80. The average molecular weight is 197 g/mol. The van der Waals surface area contributed by atoms with Gasteiger partial charge in [0.2, 0.25) is 5.91 Å². The molecule has 1 aromatic rings. The fourth-order valence-corrected chi connectivity index (χ4v) is 0.854. The molecule has 6 nitrogen and oxygen atoms in total. The lowest BCUT2D eigenvalue weighted by atomic mass is 10.1. The largest absolute Gasteiger partial charge is 0.347 e. The summed E-state index contributed by atoms with van der Waals surface area (Å²) < 4.78 is 1.74. The maximum absolute atomic E-state index is 11.4. The Hall–Kier alpha value is -1.43. The van der Waals surface area contributed by atoms with Crippen LogP contribution < -0.4 is 11.1 Å². The molecule has 1 heterocycles. The maximum Gasteiger partial charge on any atom is 0.239 e. The van der Waals surface area contributed by atoms with Crippen molar-refractivity contribution in [3.05, 3.63) is 12.2 Å². The summed E-state index contributed by atoms with van der Waals surface area (Å²) >= 11 is 0. The Bertz CT molecular complexity index is 325. The summed E-state index contributed by atoms with van der Waals surface area (Å²) in [7, 11) is 1.81. The number of carbonyl (C=O) groups excluding carboxylic acids is 1.